The standard InChI is InChI=1S/C21H24ClNO5S/c1-21(2,3)28-20(24)23-12-16-9-15-8-14(11-18(22)19(15)27-16)13-6-5-7-17(10-13)29(4,25)26/h5-8,10-11,16H,9,12H2,1-4H3,(H,23,24). The van der Waals surface area contributed by atoms with E-state index < -0.39 is 21.5 Å². The van der Waals surface area contributed by atoms with Crippen LogP contribution in [-0.2, 0) is 21.0 Å². The summed E-state index contributed by atoms with van der Waals surface area (Å²) in [6.07, 6.45) is 0.997. The summed E-state index contributed by atoms with van der Waals surface area (Å²) in [5, 5.41) is 3.16. The van der Waals surface area contributed by atoms with Crippen LogP contribution in [0, 0.1) is 0 Å². The molecular formula is C21H24ClNO5S. The summed E-state index contributed by atoms with van der Waals surface area (Å²) in [4.78, 5) is 12.1. The van der Waals surface area contributed by atoms with Crippen LogP contribution in [0.4, 0.5) is 4.79 Å². The molecule has 2 aromatic carbocycles. The van der Waals surface area contributed by atoms with Crippen LogP contribution in [0.3, 0.4) is 0 Å². The lowest BCUT2D eigenvalue weighted by atomic mass is 10.0. The number of sulfone groups is 1. The molecule has 0 spiro atoms. The van der Waals surface area contributed by atoms with Crippen LogP contribution in [0.25, 0.3) is 11.1 Å². The van der Waals surface area contributed by atoms with E-state index in [9.17, 15) is 13.2 Å². The monoisotopic (exact) mass is 437 g/mol. The Morgan fingerprint density at radius 2 is 1.97 bits per heavy atom. The van der Waals surface area contributed by atoms with Crippen LogP contribution in [0.1, 0.15) is 26.3 Å². The highest BCUT2D eigenvalue weighted by Crippen LogP contribution is 2.39. The van der Waals surface area contributed by atoms with Crippen molar-refractivity contribution >= 4 is 27.5 Å². The fourth-order valence-corrected chi connectivity index (χ4v) is 4.04. The van der Waals surface area contributed by atoms with Crippen molar-refractivity contribution in [3.8, 4) is 16.9 Å². The molecule has 0 aliphatic carbocycles. The van der Waals surface area contributed by atoms with Crippen LogP contribution in [-0.4, -0.2) is 39.0 Å². The summed E-state index contributed by atoms with van der Waals surface area (Å²) in [7, 11) is -3.30. The number of amides is 1. The van der Waals surface area contributed by atoms with Gasteiger partial charge in [-0.3, -0.25) is 0 Å². The first-order chi connectivity index (χ1) is 13.4. The lowest BCUT2D eigenvalue weighted by molar-refractivity contribution is 0.0506. The SMILES string of the molecule is CC(C)(C)OC(=O)NCC1Cc2cc(-c3cccc(S(C)(=O)=O)c3)cc(Cl)c2O1. The fourth-order valence-electron chi connectivity index (χ4n) is 3.09. The molecule has 6 nitrogen and oxygen atoms in total. The topological polar surface area (TPSA) is 81.7 Å². The highest BCUT2D eigenvalue weighted by atomic mass is 35.5. The van der Waals surface area contributed by atoms with Gasteiger partial charge in [0.1, 0.15) is 17.5 Å². The van der Waals surface area contributed by atoms with Gasteiger partial charge < -0.3 is 14.8 Å². The molecule has 0 radical (unpaired) electrons. The van der Waals surface area contributed by atoms with Gasteiger partial charge in [-0.05, 0) is 56.2 Å². The normalized spacial score (nSPS) is 16.1. The minimum absolute atomic E-state index is 0.252. The number of ether oxygens (including phenoxy) is 2. The second-order valence-corrected chi connectivity index (χ2v) is 10.5. The first-order valence-corrected chi connectivity index (χ1v) is 11.5. The van der Waals surface area contributed by atoms with E-state index in [-0.39, 0.29) is 11.0 Å². The van der Waals surface area contributed by atoms with Gasteiger partial charge in [0.05, 0.1) is 16.5 Å². The van der Waals surface area contributed by atoms with Crippen LogP contribution >= 0.6 is 11.6 Å². The Morgan fingerprint density at radius 1 is 1.24 bits per heavy atom. The minimum Gasteiger partial charge on any atom is -0.486 e. The highest BCUT2D eigenvalue weighted by Gasteiger charge is 2.27. The van der Waals surface area contributed by atoms with Crippen molar-refractivity contribution in [1.82, 2.24) is 5.32 Å². The van der Waals surface area contributed by atoms with E-state index in [4.69, 9.17) is 21.1 Å². The molecule has 0 bridgehead atoms. The number of carbonyl (C=O) groups excluding carboxylic acids is 1. The molecule has 0 saturated heterocycles. The number of alkyl carbamates (subject to hydrolysis) is 1. The summed E-state index contributed by atoms with van der Waals surface area (Å²) >= 11 is 6.41. The first kappa shape index (κ1) is 21.5. The Balaban J connectivity index is 1.75. The maximum atomic E-state index is 11.8. The zero-order valence-corrected chi connectivity index (χ0v) is 18.4. The molecule has 156 valence electrons. The number of benzene rings is 2. The molecule has 0 fully saturated rings. The van der Waals surface area contributed by atoms with E-state index in [1.807, 2.05) is 12.1 Å². The Hall–Kier alpha value is -2.25. The number of carbonyl (C=O) groups is 1. The summed E-state index contributed by atoms with van der Waals surface area (Å²) in [5.41, 5.74) is 1.91. The molecular weight excluding hydrogens is 414 g/mol. The molecule has 0 aromatic heterocycles. The van der Waals surface area contributed by atoms with Crippen LogP contribution in [0.5, 0.6) is 5.75 Å². The summed E-state index contributed by atoms with van der Waals surface area (Å²) in [6, 6.07) is 10.4. The Morgan fingerprint density at radius 3 is 2.62 bits per heavy atom. The largest absolute Gasteiger partial charge is 0.486 e. The van der Waals surface area contributed by atoms with Gasteiger partial charge in [-0.25, -0.2) is 13.2 Å². The smallest absolute Gasteiger partial charge is 0.407 e. The van der Waals surface area contributed by atoms with E-state index in [0.29, 0.717) is 23.7 Å². The van der Waals surface area contributed by atoms with Crippen molar-refractivity contribution in [2.75, 3.05) is 12.8 Å². The predicted molar refractivity (Wildman–Crippen MR) is 112 cm³/mol. The van der Waals surface area contributed by atoms with Crippen molar-refractivity contribution in [2.45, 2.75) is 43.8 Å². The van der Waals surface area contributed by atoms with Gasteiger partial charge in [-0.2, -0.15) is 0 Å². The van der Waals surface area contributed by atoms with Gasteiger partial charge in [-0.15, -0.1) is 0 Å². The Bertz CT molecular complexity index is 1040. The third-order valence-electron chi connectivity index (χ3n) is 4.32. The van der Waals surface area contributed by atoms with Gasteiger partial charge in [-0.1, -0.05) is 23.7 Å². The van der Waals surface area contributed by atoms with E-state index >= 15 is 0 Å². The van der Waals surface area contributed by atoms with E-state index in [1.54, 1.807) is 45.0 Å². The second-order valence-electron chi connectivity index (χ2n) is 8.07. The molecule has 3 rings (SSSR count). The molecule has 1 aliphatic heterocycles. The van der Waals surface area contributed by atoms with Crippen molar-refractivity contribution in [2.24, 2.45) is 0 Å². The van der Waals surface area contributed by atoms with Gasteiger partial charge in [0.2, 0.25) is 0 Å². The zero-order valence-electron chi connectivity index (χ0n) is 16.8. The van der Waals surface area contributed by atoms with Crippen molar-refractivity contribution in [1.29, 1.82) is 0 Å². The quantitative estimate of drug-likeness (QED) is 0.773. The zero-order chi connectivity index (χ0) is 21.4. The van der Waals surface area contributed by atoms with Gasteiger partial charge in [0.15, 0.2) is 9.84 Å². The molecule has 1 aliphatic rings. The van der Waals surface area contributed by atoms with Crippen molar-refractivity contribution in [3.63, 3.8) is 0 Å². The number of rotatable bonds is 4. The molecule has 8 heteroatoms. The van der Waals surface area contributed by atoms with Crippen LogP contribution in [0.2, 0.25) is 5.02 Å². The number of halogens is 1. The van der Waals surface area contributed by atoms with Crippen molar-refractivity contribution in [3.05, 3.63) is 47.0 Å². The van der Waals surface area contributed by atoms with Gasteiger partial charge >= 0.3 is 6.09 Å². The van der Waals surface area contributed by atoms with Gasteiger partial charge in [0.25, 0.3) is 0 Å². The molecule has 1 heterocycles. The van der Waals surface area contributed by atoms with Crippen LogP contribution in [0.15, 0.2) is 41.3 Å². The molecule has 1 unspecified atom stereocenters. The number of fused-ring (bicyclic) bond motifs is 1. The molecule has 1 atom stereocenters. The maximum absolute atomic E-state index is 11.8. The minimum atomic E-state index is -3.30. The fraction of sp³-hybridized carbons (Fsp3) is 0.381. The van der Waals surface area contributed by atoms with Gasteiger partial charge in [0, 0.05) is 18.2 Å². The number of nitrogens with one attached hydrogen (secondary N) is 1. The highest BCUT2D eigenvalue weighted by molar-refractivity contribution is 7.90. The molecule has 0 saturated carbocycles. The molecule has 2 aromatic rings. The number of hydrogen-bond donors (Lipinski definition) is 1. The lowest BCUT2D eigenvalue weighted by Crippen LogP contribution is -2.38. The summed E-state index contributed by atoms with van der Waals surface area (Å²) in [5.74, 6) is 0.589. The summed E-state index contributed by atoms with van der Waals surface area (Å²) in [6.45, 7) is 5.69. The molecule has 1 N–H and O–H groups in total. The first-order valence-electron chi connectivity index (χ1n) is 9.19. The van der Waals surface area contributed by atoms with E-state index in [0.717, 1.165) is 16.7 Å². The third-order valence-corrected chi connectivity index (χ3v) is 5.71. The lowest BCUT2D eigenvalue weighted by Gasteiger charge is -2.20. The maximum Gasteiger partial charge on any atom is 0.407 e. The molecule has 29 heavy (non-hydrogen) atoms. The average molecular weight is 438 g/mol. The average Bonchev–Trinajstić information content (AvgIpc) is 3.01. The van der Waals surface area contributed by atoms with E-state index in [2.05, 4.69) is 5.32 Å². The molecule has 1 amide bonds. The third kappa shape index (κ3) is 5.42. The Kier molecular flexibility index (Phi) is 5.83. The van der Waals surface area contributed by atoms with Crippen molar-refractivity contribution < 1.29 is 22.7 Å². The summed E-state index contributed by atoms with van der Waals surface area (Å²) < 4.78 is 34.8. The number of hydrogen-bond acceptors (Lipinski definition) is 5. The Labute approximate surface area is 176 Å². The second kappa shape index (κ2) is 7.88. The predicted octanol–water partition coefficient (Wildman–Crippen LogP) is 4.24. The van der Waals surface area contributed by atoms with Crippen LogP contribution < -0.4 is 10.1 Å². The van der Waals surface area contributed by atoms with E-state index in [1.165, 1.54) is 6.26 Å².